The number of halogens is 4. The number of alkyl halides is 3. The average Bonchev–Trinajstić information content (AvgIpc) is 3.10. The summed E-state index contributed by atoms with van der Waals surface area (Å²) in [6.07, 6.45) is -2.28. The van der Waals surface area contributed by atoms with E-state index < -0.39 is 24.0 Å². The smallest absolute Gasteiger partial charge is 0.422 e. The number of aromatic nitrogens is 3. The van der Waals surface area contributed by atoms with Gasteiger partial charge in [0.25, 0.3) is 5.56 Å². The van der Waals surface area contributed by atoms with Crippen LogP contribution in [-0.2, 0) is 0 Å². The summed E-state index contributed by atoms with van der Waals surface area (Å²) in [7, 11) is 0. The molecule has 0 saturated heterocycles. The maximum absolute atomic E-state index is 13.0. The van der Waals surface area contributed by atoms with Gasteiger partial charge in [0.05, 0.1) is 23.6 Å². The fraction of sp³-hybridized carbons (Fsp3) is 0.105. The van der Waals surface area contributed by atoms with E-state index in [4.69, 9.17) is 11.6 Å². The summed E-state index contributed by atoms with van der Waals surface area (Å²) in [6.45, 7) is -1.52. The van der Waals surface area contributed by atoms with Crippen LogP contribution >= 0.6 is 22.9 Å². The highest BCUT2D eigenvalue weighted by molar-refractivity contribution is 7.22. The number of fused-ring (bicyclic) bond motifs is 1. The standard InChI is InChI=1S/C19H11ClF3N3O3S/c20-13-4-2-1-3-12(13)15-6-14-16(30-15)17(27)26(18(28)25-14)10-5-11(8-24-7-10)29-9-19(21,22)23/h1-8H,9H2,(H,25,28). The lowest BCUT2D eigenvalue weighted by atomic mass is 10.2. The van der Waals surface area contributed by atoms with Crippen LogP contribution in [0.4, 0.5) is 13.2 Å². The van der Waals surface area contributed by atoms with E-state index in [-0.39, 0.29) is 16.1 Å². The van der Waals surface area contributed by atoms with E-state index >= 15 is 0 Å². The Morgan fingerprint density at radius 1 is 1.17 bits per heavy atom. The lowest BCUT2D eigenvalue weighted by Gasteiger charge is -2.10. The molecule has 11 heteroatoms. The van der Waals surface area contributed by atoms with Crippen molar-refractivity contribution in [1.82, 2.24) is 14.5 Å². The fourth-order valence-corrected chi connectivity index (χ4v) is 4.19. The summed E-state index contributed by atoms with van der Waals surface area (Å²) in [4.78, 5) is 32.6. The first-order valence-electron chi connectivity index (χ1n) is 8.42. The number of rotatable bonds is 4. The summed E-state index contributed by atoms with van der Waals surface area (Å²) >= 11 is 7.35. The fourth-order valence-electron chi connectivity index (χ4n) is 2.81. The molecule has 6 nitrogen and oxygen atoms in total. The highest BCUT2D eigenvalue weighted by Gasteiger charge is 2.28. The minimum Gasteiger partial charge on any atom is -0.482 e. The Hall–Kier alpha value is -3.11. The Morgan fingerprint density at radius 2 is 1.93 bits per heavy atom. The van der Waals surface area contributed by atoms with Crippen LogP contribution in [0.2, 0.25) is 5.02 Å². The van der Waals surface area contributed by atoms with E-state index in [1.54, 1.807) is 30.3 Å². The van der Waals surface area contributed by atoms with E-state index in [9.17, 15) is 22.8 Å². The molecule has 3 heterocycles. The zero-order chi connectivity index (χ0) is 21.5. The van der Waals surface area contributed by atoms with Crippen molar-refractivity contribution in [1.29, 1.82) is 0 Å². The van der Waals surface area contributed by atoms with Crippen molar-refractivity contribution in [2.75, 3.05) is 6.61 Å². The van der Waals surface area contributed by atoms with E-state index in [0.29, 0.717) is 21.0 Å². The third-order valence-corrected chi connectivity index (χ3v) is 5.56. The molecule has 0 unspecified atom stereocenters. The average molecular weight is 454 g/mol. The molecule has 0 fully saturated rings. The Bertz CT molecular complexity index is 1360. The maximum Gasteiger partial charge on any atom is 0.422 e. The van der Waals surface area contributed by atoms with Crippen molar-refractivity contribution < 1.29 is 17.9 Å². The van der Waals surface area contributed by atoms with Crippen molar-refractivity contribution in [2.24, 2.45) is 0 Å². The van der Waals surface area contributed by atoms with Crippen molar-refractivity contribution in [3.63, 3.8) is 0 Å². The van der Waals surface area contributed by atoms with Crippen LogP contribution in [0, 0.1) is 0 Å². The van der Waals surface area contributed by atoms with Gasteiger partial charge >= 0.3 is 11.9 Å². The molecule has 4 rings (SSSR count). The van der Waals surface area contributed by atoms with Crippen LogP contribution in [0.3, 0.4) is 0 Å². The Labute approximate surface area is 175 Å². The van der Waals surface area contributed by atoms with Gasteiger partial charge in [-0.2, -0.15) is 13.2 Å². The van der Waals surface area contributed by atoms with E-state index in [0.717, 1.165) is 28.2 Å². The molecular weight excluding hydrogens is 443 g/mol. The van der Waals surface area contributed by atoms with E-state index in [1.165, 1.54) is 6.20 Å². The van der Waals surface area contributed by atoms with Crippen molar-refractivity contribution in [2.45, 2.75) is 6.18 Å². The summed E-state index contributed by atoms with van der Waals surface area (Å²) in [5, 5.41) is 0.491. The van der Waals surface area contributed by atoms with Gasteiger partial charge in [0.15, 0.2) is 6.61 Å². The van der Waals surface area contributed by atoms with Crippen LogP contribution < -0.4 is 16.0 Å². The molecule has 0 aliphatic heterocycles. The third kappa shape index (κ3) is 3.96. The van der Waals surface area contributed by atoms with Crippen LogP contribution in [0.15, 0.2) is 58.4 Å². The number of benzene rings is 1. The van der Waals surface area contributed by atoms with Crippen LogP contribution in [0.5, 0.6) is 5.75 Å². The largest absolute Gasteiger partial charge is 0.482 e. The predicted molar refractivity (Wildman–Crippen MR) is 108 cm³/mol. The number of pyridine rings is 1. The summed E-state index contributed by atoms with van der Waals surface area (Å²) < 4.78 is 42.8. The zero-order valence-corrected chi connectivity index (χ0v) is 16.4. The second-order valence-electron chi connectivity index (χ2n) is 6.19. The molecular formula is C19H11ClF3N3O3S. The number of nitrogens with one attached hydrogen (secondary N) is 1. The minimum absolute atomic E-state index is 0.0180. The zero-order valence-electron chi connectivity index (χ0n) is 14.9. The molecule has 0 atom stereocenters. The molecule has 1 aromatic carbocycles. The molecule has 0 amide bonds. The predicted octanol–water partition coefficient (Wildman–Crippen LogP) is 4.40. The molecule has 0 bridgehead atoms. The summed E-state index contributed by atoms with van der Waals surface area (Å²) in [5.74, 6) is -0.223. The Morgan fingerprint density at radius 3 is 2.67 bits per heavy atom. The van der Waals surface area contributed by atoms with Gasteiger partial charge in [0, 0.05) is 21.5 Å². The first-order valence-corrected chi connectivity index (χ1v) is 9.61. The maximum atomic E-state index is 13.0. The number of H-pyrrole nitrogens is 1. The monoisotopic (exact) mass is 453 g/mol. The topological polar surface area (TPSA) is 77.0 Å². The molecule has 0 aliphatic carbocycles. The third-order valence-electron chi connectivity index (χ3n) is 4.07. The van der Waals surface area contributed by atoms with Gasteiger partial charge < -0.3 is 9.72 Å². The van der Waals surface area contributed by atoms with Crippen LogP contribution in [0.1, 0.15) is 0 Å². The molecule has 0 radical (unpaired) electrons. The number of ether oxygens (including phenoxy) is 1. The Kier molecular flexibility index (Phi) is 5.12. The van der Waals surface area contributed by atoms with Gasteiger partial charge in [0.2, 0.25) is 0 Å². The quantitative estimate of drug-likeness (QED) is 0.497. The van der Waals surface area contributed by atoms with Gasteiger partial charge in [-0.25, -0.2) is 9.36 Å². The molecule has 4 aromatic rings. The lowest BCUT2D eigenvalue weighted by molar-refractivity contribution is -0.153. The van der Waals surface area contributed by atoms with Gasteiger partial charge in [-0.15, -0.1) is 11.3 Å². The molecule has 0 aliphatic rings. The minimum atomic E-state index is -4.53. The van der Waals surface area contributed by atoms with Gasteiger partial charge in [-0.05, 0) is 12.1 Å². The molecule has 1 N–H and O–H groups in total. The van der Waals surface area contributed by atoms with Gasteiger partial charge in [-0.3, -0.25) is 9.78 Å². The number of thiophene rings is 1. The molecule has 30 heavy (non-hydrogen) atoms. The van der Waals surface area contributed by atoms with Gasteiger partial charge in [0.1, 0.15) is 10.4 Å². The number of nitrogens with zero attached hydrogens (tertiary/aromatic N) is 2. The van der Waals surface area contributed by atoms with Gasteiger partial charge in [-0.1, -0.05) is 29.8 Å². The number of hydrogen-bond acceptors (Lipinski definition) is 5. The highest BCUT2D eigenvalue weighted by Crippen LogP contribution is 2.34. The lowest BCUT2D eigenvalue weighted by Crippen LogP contribution is -2.33. The Balaban J connectivity index is 1.80. The second-order valence-corrected chi connectivity index (χ2v) is 7.65. The van der Waals surface area contributed by atoms with Crippen molar-refractivity contribution in [3.05, 3.63) is 74.7 Å². The first-order chi connectivity index (χ1) is 14.2. The van der Waals surface area contributed by atoms with E-state index in [2.05, 4.69) is 14.7 Å². The molecule has 0 saturated carbocycles. The normalized spacial score (nSPS) is 11.7. The van der Waals surface area contributed by atoms with Crippen LogP contribution in [0.25, 0.3) is 26.3 Å². The molecule has 154 valence electrons. The molecule has 0 spiro atoms. The summed E-state index contributed by atoms with van der Waals surface area (Å²) in [6, 6.07) is 9.86. The highest BCUT2D eigenvalue weighted by atomic mass is 35.5. The second kappa shape index (κ2) is 7.62. The first kappa shape index (κ1) is 20.2. The SMILES string of the molecule is O=c1[nH]c2cc(-c3ccccc3Cl)sc2c(=O)n1-c1cncc(OCC(F)(F)F)c1. The van der Waals surface area contributed by atoms with Crippen LogP contribution in [-0.4, -0.2) is 27.3 Å². The summed E-state index contributed by atoms with van der Waals surface area (Å²) in [5.41, 5.74) is -0.372. The number of hydrogen-bond donors (Lipinski definition) is 1. The van der Waals surface area contributed by atoms with E-state index in [1.807, 2.05) is 0 Å². The molecule has 3 aromatic heterocycles. The number of aromatic amines is 1. The van der Waals surface area contributed by atoms with Crippen molar-refractivity contribution in [3.8, 4) is 21.9 Å². The van der Waals surface area contributed by atoms with Crippen molar-refractivity contribution >= 4 is 33.2 Å².